The minimum absolute atomic E-state index is 0.320. The second kappa shape index (κ2) is 4.25. The summed E-state index contributed by atoms with van der Waals surface area (Å²) in [6.07, 6.45) is 4.01. The first-order valence-corrected chi connectivity index (χ1v) is 7.41. The van der Waals surface area contributed by atoms with Crippen LogP contribution in [-0.2, 0) is 6.42 Å². The molecule has 3 unspecified atom stereocenters. The summed E-state index contributed by atoms with van der Waals surface area (Å²) in [6, 6.07) is 0.592. The third kappa shape index (κ3) is 1.97. The minimum atomic E-state index is -0.320. The van der Waals surface area contributed by atoms with E-state index in [1.54, 1.807) is 11.3 Å². The van der Waals surface area contributed by atoms with Crippen LogP contribution in [0.15, 0.2) is 0 Å². The molecule has 17 heavy (non-hydrogen) atoms. The average molecular weight is 252 g/mol. The molecule has 2 heterocycles. The van der Waals surface area contributed by atoms with E-state index in [2.05, 4.69) is 18.7 Å². The van der Waals surface area contributed by atoms with Gasteiger partial charge < -0.3 is 10.0 Å². The normalized spacial score (nSPS) is 32.9. The van der Waals surface area contributed by atoms with Crippen LogP contribution in [0, 0.1) is 5.92 Å². The molecule has 0 bridgehead atoms. The van der Waals surface area contributed by atoms with Crippen molar-refractivity contribution in [3.05, 3.63) is 10.6 Å². The highest BCUT2D eigenvalue weighted by atomic mass is 32.1. The van der Waals surface area contributed by atoms with Crippen molar-refractivity contribution in [1.29, 1.82) is 0 Å². The highest BCUT2D eigenvalue weighted by molar-refractivity contribution is 7.15. The summed E-state index contributed by atoms with van der Waals surface area (Å²) in [4.78, 5) is 8.42. The SMILES string of the molecule is CC1CC(C)N(c2nc3c(s2)CCCC3O)C1. The summed E-state index contributed by atoms with van der Waals surface area (Å²) in [5, 5.41) is 11.1. The number of aryl methyl sites for hydroxylation is 1. The van der Waals surface area contributed by atoms with E-state index in [1.165, 1.54) is 11.3 Å². The van der Waals surface area contributed by atoms with Crippen LogP contribution >= 0.6 is 11.3 Å². The number of hydrogen-bond donors (Lipinski definition) is 1. The Morgan fingerprint density at radius 1 is 1.41 bits per heavy atom. The van der Waals surface area contributed by atoms with Crippen LogP contribution in [0.1, 0.15) is 49.8 Å². The lowest BCUT2D eigenvalue weighted by atomic mass is 10.0. The molecule has 0 saturated carbocycles. The van der Waals surface area contributed by atoms with Crippen LogP contribution in [0.25, 0.3) is 0 Å². The Morgan fingerprint density at radius 2 is 2.24 bits per heavy atom. The zero-order valence-corrected chi connectivity index (χ0v) is 11.3. The molecule has 94 valence electrons. The van der Waals surface area contributed by atoms with Gasteiger partial charge in [-0.1, -0.05) is 6.92 Å². The van der Waals surface area contributed by atoms with Gasteiger partial charge in [-0.2, -0.15) is 0 Å². The lowest BCUT2D eigenvalue weighted by Crippen LogP contribution is -2.26. The molecule has 1 N–H and O–H groups in total. The van der Waals surface area contributed by atoms with Crippen molar-refractivity contribution >= 4 is 16.5 Å². The van der Waals surface area contributed by atoms with E-state index in [0.717, 1.165) is 42.6 Å². The topological polar surface area (TPSA) is 36.4 Å². The molecule has 1 saturated heterocycles. The molecule has 1 aliphatic heterocycles. The lowest BCUT2D eigenvalue weighted by molar-refractivity contribution is 0.153. The molecular formula is C13H20N2OS. The first-order valence-electron chi connectivity index (χ1n) is 6.59. The number of hydrogen-bond acceptors (Lipinski definition) is 4. The molecule has 0 aromatic carbocycles. The molecular weight excluding hydrogens is 232 g/mol. The van der Waals surface area contributed by atoms with Gasteiger partial charge in [-0.05, 0) is 38.5 Å². The molecule has 3 nitrogen and oxygen atoms in total. The van der Waals surface area contributed by atoms with Crippen molar-refractivity contribution in [3.63, 3.8) is 0 Å². The van der Waals surface area contributed by atoms with Gasteiger partial charge in [0.25, 0.3) is 0 Å². The molecule has 1 aromatic rings. The maximum absolute atomic E-state index is 9.96. The zero-order chi connectivity index (χ0) is 12.0. The molecule has 0 radical (unpaired) electrons. The first-order chi connectivity index (χ1) is 8.15. The Kier molecular flexibility index (Phi) is 2.87. The maximum Gasteiger partial charge on any atom is 0.186 e. The minimum Gasteiger partial charge on any atom is -0.387 e. The summed E-state index contributed by atoms with van der Waals surface area (Å²) in [5.74, 6) is 0.760. The number of aromatic nitrogens is 1. The van der Waals surface area contributed by atoms with E-state index >= 15 is 0 Å². The zero-order valence-electron chi connectivity index (χ0n) is 10.5. The standard InChI is InChI=1S/C13H20N2OS/c1-8-6-9(2)15(7-8)13-14-12-10(16)4-3-5-11(12)17-13/h8-10,16H,3-7H2,1-2H3. The predicted molar refractivity (Wildman–Crippen MR) is 70.6 cm³/mol. The van der Waals surface area contributed by atoms with Crippen molar-refractivity contribution in [3.8, 4) is 0 Å². The van der Waals surface area contributed by atoms with Crippen LogP contribution < -0.4 is 4.90 Å². The number of aliphatic hydroxyl groups is 1. The summed E-state index contributed by atoms with van der Waals surface area (Å²) in [6.45, 7) is 5.70. The van der Waals surface area contributed by atoms with Crippen LogP contribution in [0.3, 0.4) is 0 Å². The Morgan fingerprint density at radius 3 is 2.88 bits per heavy atom. The average Bonchev–Trinajstić information content (AvgIpc) is 2.82. The maximum atomic E-state index is 9.96. The molecule has 0 amide bonds. The smallest absolute Gasteiger partial charge is 0.186 e. The van der Waals surface area contributed by atoms with Crippen molar-refractivity contribution in [2.75, 3.05) is 11.4 Å². The Bertz CT molecular complexity index is 418. The van der Waals surface area contributed by atoms with E-state index in [4.69, 9.17) is 4.98 Å². The predicted octanol–water partition coefficient (Wildman–Crippen LogP) is 2.75. The highest BCUT2D eigenvalue weighted by Gasteiger charge is 2.31. The molecule has 3 rings (SSSR count). The van der Waals surface area contributed by atoms with Gasteiger partial charge in [-0.15, -0.1) is 11.3 Å². The molecule has 1 fully saturated rings. The number of anilines is 1. The third-order valence-electron chi connectivity index (χ3n) is 3.94. The van der Waals surface area contributed by atoms with Crippen molar-refractivity contribution < 1.29 is 5.11 Å². The second-order valence-corrected chi connectivity index (χ2v) is 6.62. The molecule has 4 heteroatoms. The van der Waals surface area contributed by atoms with Gasteiger partial charge in [0.15, 0.2) is 5.13 Å². The fourth-order valence-corrected chi connectivity index (χ4v) is 4.34. The molecule has 3 atom stereocenters. The number of rotatable bonds is 1. The Hall–Kier alpha value is -0.610. The van der Waals surface area contributed by atoms with Crippen molar-refractivity contribution in [1.82, 2.24) is 4.98 Å². The summed E-state index contributed by atoms with van der Waals surface area (Å²) in [7, 11) is 0. The van der Waals surface area contributed by atoms with E-state index in [0.29, 0.717) is 6.04 Å². The summed E-state index contributed by atoms with van der Waals surface area (Å²) in [5.41, 5.74) is 0.961. The molecule has 2 aliphatic rings. The van der Waals surface area contributed by atoms with Gasteiger partial charge >= 0.3 is 0 Å². The number of fused-ring (bicyclic) bond motifs is 1. The van der Waals surface area contributed by atoms with E-state index < -0.39 is 0 Å². The van der Waals surface area contributed by atoms with Crippen molar-refractivity contribution in [2.24, 2.45) is 5.92 Å². The van der Waals surface area contributed by atoms with Gasteiger partial charge in [0.2, 0.25) is 0 Å². The van der Waals surface area contributed by atoms with Crippen LogP contribution in [0.5, 0.6) is 0 Å². The summed E-state index contributed by atoms with van der Waals surface area (Å²) < 4.78 is 0. The van der Waals surface area contributed by atoms with Gasteiger partial charge in [0.1, 0.15) is 0 Å². The van der Waals surface area contributed by atoms with Gasteiger partial charge in [-0.3, -0.25) is 0 Å². The number of aliphatic hydroxyl groups excluding tert-OH is 1. The monoisotopic (exact) mass is 252 g/mol. The fourth-order valence-electron chi connectivity index (χ4n) is 3.07. The van der Waals surface area contributed by atoms with Gasteiger partial charge in [0.05, 0.1) is 11.8 Å². The molecule has 0 spiro atoms. The molecule has 1 aromatic heterocycles. The molecule has 1 aliphatic carbocycles. The number of thiazole rings is 1. The third-order valence-corrected chi connectivity index (χ3v) is 5.11. The second-order valence-electron chi connectivity index (χ2n) is 5.56. The van der Waals surface area contributed by atoms with E-state index in [9.17, 15) is 5.11 Å². The van der Waals surface area contributed by atoms with Gasteiger partial charge in [-0.25, -0.2) is 4.98 Å². The first kappa shape index (κ1) is 11.5. The van der Waals surface area contributed by atoms with E-state index in [-0.39, 0.29) is 6.10 Å². The van der Waals surface area contributed by atoms with Crippen LogP contribution in [-0.4, -0.2) is 22.7 Å². The largest absolute Gasteiger partial charge is 0.387 e. The quantitative estimate of drug-likeness (QED) is 0.835. The van der Waals surface area contributed by atoms with Crippen molar-refractivity contribution in [2.45, 2.75) is 51.7 Å². The fraction of sp³-hybridized carbons (Fsp3) is 0.769. The highest BCUT2D eigenvalue weighted by Crippen LogP contribution is 2.39. The summed E-state index contributed by atoms with van der Waals surface area (Å²) >= 11 is 1.80. The van der Waals surface area contributed by atoms with Crippen LogP contribution in [0.2, 0.25) is 0 Å². The lowest BCUT2D eigenvalue weighted by Gasteiger charge is -2.20. The Labute approximate surface area is 106 Å². The Balaban J connectivity index is 1.89. The van der Waals surface area contributed by atoms with E-state index in [1.807, 2.05) is 0 Å². The number of nitrogens with zero attached hydrogens (tertiary/aromatic N) is 2. The van der Waals surface area contributed by atoms with Crippen LogP contribution in [0.4, 0.5) is 5.13 Å². The van der Waals surface area contributed by atoms with Gasteiger partial charge in [0, 0.05) is 17.5 Å².